The number of aromatic amines is 1. The Bertz CT molecular complexity index is 529. The van der Waals surface area contributed by atoms with E-state index in [0.29, 0.717) is 11.6 Å². The van der Waals surface area contributed by atoms with E-state index in [1.165, 1.54) is 12.8 Å². The number of phenolic OH excluding ortho intramolecular Hbond substituents is 1. The van der Waals surface area contributed by atoms with Crippen molar-refractivity contribution in [3.63, 3.8) is 0 Å². The maximum absolute atomic E-state index is 9.34. The van der Waals surface area contributed by atoms with E-state index in [2.05, 4.69) is 9.97 Å². The van der Waals surface area contributed by atoms with E-state index in [1.807, 2.05) is 12.3 Å². The number of benzene rings is 1. The zero-order valence-corrected chi connectivity index (χ0v) is 8.77. The van der Waals surface area contributed by atoms with Gasteiger partial charge < -0.3 is 15.8 Å². The van der Waals surface area contributed by atoms with E-state index in [9.17, 15) is 5.11 Å². The smallest absolute Gasteiger partial charge is 0.138 e. The number of nitrogens with zero attached hydrogens (tertiary/aromatic N) is 1. The number of phenols is 1. The zero-order chi connectivity index (χ0) is 11.1. The molecule has 0 unspecified atom stereocenters. The van der Waals surface area contributed by atoms with Crippen LogP contribution in [0, 0.1) is 0 Å². The average Bonchev–Trinajstić information content (AvgIpc) is 3.01. The van der Waals surface area contributed by atoms with Crippen molar-refractivity contribution >= 4 is 5.69 Å². The van der Waals surface area contributed by atoms with Gasteiger partial charge in [0.25, 0.3) is 0 Å². The van der Waals surface area contributed by atoms with Crippen LogP contribution >= 0.6 is 0 Å². The van der Waals surface area contributed by atoms with Crippen molar-refractivity contribution in [3.05, 3.63) is 30.2 Å². The van der Waals surface area contributed by atoms with Gasteiger partial charge in [-0.25, -0.2) is 4.98 Å². The molecular weight excluding hydrogens is 202 g/mol. The van der Waals surface area contributed by atoms with Crippen molar-refractivity contribution in [1.29, 1.82) is 0 Å². The molecule has 1 aromatic carbocycles. The van der Waals surface area contributed by atoms with Crippen LogP contribution in [0.25, 0.3) is 11.3 Å². The summed E-state index contributed by atoms with van der Waals surface area (Å²) in [6.07, 6.45) is 4.27. The molecule has 82 valence electrons. The molecule has 0 saturated heterocycles. The van der Waals surface area contributed by atoms with Crippen LogP contribution in [0.4, 0.5) is 5.69 Å². The lowest BCUT2D eigenvalue weighted by Gasteiger charge is -2.01. The van der Waals surface area contributed by atoms with E-state index in [4.69, 9.17) is 5.73 Å². The number of anilines is 1. The normalized spacial score (nSPS) is 15.2. The molecule has 0 spiro atoms. The van der Waals surface area contributed by atoms with Crippen LogP contribution in [-0.2, 0) is 0 Å². The van der Waals surface area contributed by atoms with Crippen LogP contribution in [0.2, 0.25) is 0 Å². The summed E-state index contributed by atoms with van der Waals surface area (Å²) in [4.78, 5) is 7.64. The van der Waals surface area contributed by atoms with Gasteiger partial charge in [0.1, 0.15) is 11.6 Å². The van der Waals surface area contributed by atoms with Gasteiger partial charge in [-0.1, -0.05) is 0 Å². The van der Waals surface area contributed by atoms with E-state index in [-0.39, 0.29) is 5.75 Å². The SMILES string of the molecule is Nc1cc(-c2cnc(C3CC3)[nH]2)ccc1O. The van der Waals surface area contributed by atoms with E-state index < -0.39 is 0 Å². The highest BCUT2D eigenvalue weighted by molar-refractivity contribution is 5.67. The molecule has 4 nitrogen and oxygen atoms in total. The minimum absolute atomic E-state index is 0.116. The average molecular weight is 215 g/mol. The lowest BCUT2D eigenvalue weighted by atomic mass is 10.1. The highest BCUT2D eigenvalue weighted by Gasteiger charge is 2.26. The summed E-state index contributed by atoms with van der Waals surface area (Å²) in [5.74, 6) is 1.79. The Morgan fingerprint density at radius 3 is 2.88 bits per heavy atom. The number of hydrogen-bond donors (Lipinski definition) is 3. The summed E-state index contributed by atoms with van der Waals surface area (Å²) in [5, 5.41) is 9.34. The van der Waals surface area contributed by atoms with Gasteiger partial charge in [0, 0.05) is 11.5 Å². The van der Waals surface area contributed by atoms with Crippen molar-refractivity contribution in [3.8, 4) is 17.0 Å². The second-order valence-corrected chi connectivity index (χ2v) is 4.23. The molecule has 0 aliphatic heterocycles. The van der Waals surface area contributed by atoms with Crippen LogP contribution in [0.1, 0.15) is 24.6 Å². The fourth-order valence-electron chi connectivity index (χ4n) is 1.77. The number of imidazole rings is 1. The van der Waals surface area contributed by atoms with Crippen LogP contribution in [0.5, 0.6) is 5.75 Å². The van der Waals surface area contributed by atoms with Crippen molar-refractivity contribution in [2.75, 3.05) is 5.73 Å². The number of aromatic hydroxyl groups is 1. The number of nitrogen functional groups attached to an aromatic ring is 1. The van der Waals surface area contributed by atoms with E-state index in [1.54, 1.807) is 12.1 Å². The number of rotatable bonds is 2. The summed E-state index contributed by atoms with van der Waals surface area (Å²) in [6.45, 7) is 0. The van der Waals surface area contributed by atoms with Crippen molar-refractivity contribution < 1.29 is 5.11 Å². The maximum atomic E-state index is 9.34. The third kappa shape index (κ3) is 1.52. The van der Waals surface area contributed by atoms with Crippen LogP contribution in [0.3, 0.4) is 0 Å². The molecule has 0 amide bonds. The Hall–Kier alpha value is -1.97. The molecule has 0 bridgehead atoms. The van der Waals surface area contributed by atoms with Gasteiger partial charge in [-0.3, -0.25) is 0 Å². The van der Waals surface area contributed by atoms with Crippen LogP contribution in [0.15, 0.2) is 24.4 Å². The first-order valence-corrected chi connectivity index (χ1v) is 5.38. The molecule has 3 rings (SSSR count). The lowest BCUT2D eigenvalue weighted by Crippen LogP contribution is -1.87. The van der Waals surface area contributed by atoms with Gasteiger partial charge in [0.05, 0.1) is 17.6 Å². The Kier molecular flexibility index (Phi) is 1.89. The Morgan fingerprint density at radius 2 is 2.19 bits per heavy atom. The molecule has 1 saturated carbocycles. The number of hydrogen-bond acceptors (Lipinski definition) is 3. The summed E-state index contributed by atoms with van der Waals surface area (Å²) >= 11 is 0. The molecule has 16 heavy (non-hydrogen) atoms. The molecule has 1 aliphatic carbocycles. The highest BCUT2D eigenvalue weighted by atomic mass is 16.3. The number of aromatic nitrogens is 2. The highest BCUT2D eigenvalue weighted by Crippen LogP contribution is 2.39. The minimum atomic E-state index is 0.116. The Labute approximate surface area is 93.1 Å². The minimum Gasteiger partial charge on any atom is -0.506 e. The summed E-state index contributed by atoms with van der Waals surface area (Å²) in [7, 11) is 0. The molecule has 0 radical (unpaired) electrons. The number of nitrogens with one attached hydrogen (secondary N) is 1. The molecular formula is C12H13N3O. The lowest BCUT2D eigenvalue weighted by molar-refractivity contribution is 0.478. The fourth-order valence-corrected chi connectivity index (χ4v) is 1.77. The Balaban J connectivity index is 1.97. The fraction of sp³-hybridized carbons (Fsp3) is 0.250. The standard InChI is InChI=1S/C12H13N3O/c13-9-5-8(3-4-11(9)16)10-6-14-12(15-10)7-1-2-7/h3-7,16H,1-2,13H2,(H,14,15). The number of nitrogens with two attached hydrogens (primary N) is 1. The van der Waals surface area contributed by atoms with E-state index in [0.717, 1.165) is 17.1 Å². The van der Waals surface area contributed by atoms with Gasteiger partial charge in [-0.2, -0.15) is 0 Å². The molecule has 0 atom stereocenters. The molecule has 1 aromatic heterocycles. The topological polar surface area (TPSA) is 74.9 Å². The predicted octanol–water partition coefficient (Wildman–Crippen LogP) is 2.24. The largest absolute Gasteiger partial charge is 0.506 e. The molecule has 1 heterocycles. The first-order chi connectivity index (χ1) is 7.74. The first kappa shape index (κ1) is 9.27. The van der Waals surface area contributed by atoms with Gasteiger partial charge in [0.2, 0.25) is 0 Å². The van der Waals surface area contributed by atoms with Crippen molar-refractivity contribution in [1.82, 2.24) is 9.97 Å². The van der Waals surface area contributed by atoms with E-state index >= 15 is 0 Å². The van der Waals surface area contributed by atoms with Gasteiger partial charge in [-0.05, 0) is 31.0 Å². The molecule has 4 N–H and O–H groups in total. The van der Waals surface area contributed by atoms with Gasteiger partial charge in [0.15, 0.2) is 0 Å². The molecule has 2 aromatic rings. The summed E-state index contributed by atoms with van der Waals surface area (Å²) < 4.78 is 0. The van der Waals surface area contributed by atoms with Gasteiger partial charge in [-0.15, -0.1) is 0 Å². The van der Waals surface area contributed by atoms with Crippen molar-refractivity contribution in [2.45, 2.75) is 18.8 Å². The second kappa shape index (κ2) is 3.27. The second-order valence-electron chi connectivity index (χ2n) is 4.23. The molecule has 4 heteroatoms. The van der Waals surface area contributed by atoms with Crippen molar-refractivity contribution in [2.24, 2.45) is 0 Å². The molecule has 1 fully saturated rings. The van der Waals surface area contributed by atoms with Crippen LogP contribution in [-0.4, -0.2) is 15.1 Å². The van der Waals surface area contributed by atoms with Gasteiger partial charge >= 0.3 is 0 Å². The summed E-state index contributed by atoms with van der Waals surface area (Å²) in [6, 6.07) is 5.18. The zero-order valence-electron chi connectivity index (χ0n) is 8.77. The van der Waals surface area contributed by atoms with Crippen LogP contribution < -0.4 is 5.73 Å². The third-order valence-electron chi connectivity index (χ3n) is 2.90. The third-order valence-corrected chi connectivity index (χ3v) is 2.90. The first-order valence-electron chi connectivity index (χ1n) is 5.38. The monoisotopic (exact) mass is 215 g/mol. The summed E-state index contributed by atoms with van der Waals surface area (Å²) in [5.41, 5.74) is 7.95. The number of H-pyrrole nitrogens is 1. The predicted molar refractivity (Wildman–Crippen MR) is 62.1 cm³/mol. The Morgan fingerprint density at radius 1 is 1.38 bits per heavy atom. The maximum Gasteiger partial charge on any atom is 0.138 e. The molecule has 1 aliphatic rings. The quantitative estimate of drug-likeness (QED) is 0.531.